The number of benzene rings is 1. The normalized spacial score (nSPS) is 27.6. The number of alkyl halides is 3. The minimum Gasteiger partial charge on any atom is -0.349 e. The Kier molecular flexibility index (Phi) is 6.79. The van der Waals surface area contributed by atoms with Crippen LogP contribution in [0.1, 0.15) is 69.0 Å². The fourth-order valence-electron chi connectivity index (χ4n) is 5.49. The molecule has 0 unspecified atom stereocenters. The molecule has 3 aliphatic heterocycles. The van der Waals surface area contributed by atoms with E-state index in [0.717, 1.165) is 17.0 Å². The summed E-state index contributed by atoms with van der Waals surface area (Å²) in [5.41, 5.74) is -1.29. The monoisotopic (exact) mass is 494 g/mol. The number of likely N-dealkylation sites (tertiary alicyclic amines) is 1. The summed E-state index contributed by atoms with van der Waals surface area (Å²) in [6.45, 7) is 1.95. The third-order valence-electron chi connectivity index (χ3n) is 7.18. The number of imide groups is 1. The van der Waals surface area contributed by atoms with E-state index in [4.69, 9.17) is 0 Å². The van der Waals surface area contributed by atoms with Crippen LogP contribution in [-0.2, 0) is 20.6 Å². The second-order valence-corrected chi connectivity index (χ2v) is 9.65. The second kappa shape index (κ2) is 9.50. The van der Waals surface area contributed by atoms with Crippen molar-refractivity contribution >= 4 is 23.8 Å². The van der Waals surface area contributed by atoms with E-state index in [9.17, 15) is 32.3 Å². The van der Waals surface area contributed by atoms with Crippen molar-refractivity contribution in [1.82, 2.24) is 20.4 Å². The first kappa shape index (κ1) is 25.0. The van der Waals surface area contributed by atoms with E-state index in [1.807, 2.05) is 6.92 Å². The topological polar surface area (TPSA) is 98.8 Å². The first-order valence-corrected chi connectivity index (χ1v) is 11.9. The zero-order valence-corrected chi connectivity index (χ0v) is 19.5. The van der Waals surface area contributed by atoms with Gasteiger partial charge in [-0.05, 0) is 43.9 Å². The number of hydrogen-bond donors (Lipinski definition) is 2. The van der Waals surface area contributed by atoms with Crippen molar-refractivity contribution in [2.24, 2.45) is 0 Å². The number of nitrogens with one attached hydrogen (secondary N) is 2. The third kappa shape index (κ3) is 5.13. The highest BCUT2D eigenvalue weighted by atomic mass is 19.4. The van der Waals surface area contributed by atoms with Gasteiger partial charge in [0.25, 0.3) is 0 Å². The molecule has 1 aromatic carbocycles. The molecule has 3 aliphatic rings. The molecular formula is C24H29F3N4O4. The zero-order chi connectivity index (χ0) is 25.4. The summed E-state index contributed by atoms with van der Waals surface area (Å²) >= 11 is 0. The summed E-state index contributed by atoms with van der Waals surface area (Å²) in [7, 11) is 0. The summed E-state index contributed by atoms with van der Waals surface area (Å²) in [4.78, 5) is 52.8. The van der Waals surface area contributed by atoms with Gasteiger partial charge in [0.2, 0.25) is 17.7 Å². The predicted molar refractivity (Wildman–Crippen MR) is 119 cm³/mol. The van der Waals surface area contributed by atoms with Gasteiger partial charge in [-0.1, -0.05) is 18.6 Å². The zero-order valence-electron chi connectivity index (χ0n) is 19.5. The van der Waals surface area contributed by atoms with Crippen molar-refractivity contribution in [2.75, 3.05) is 13.1 Å². The van der Waals surface area contributed by atoms with Crippen molar-refractivity contribution < 1.29 is 32.3 Å². The molecular weight excluding hydrogens is 465 g/mol. The number of urea groups is 1. The van der Waals surface area contributed by atoms with E-state index in [1.165, 1.54) is 6.07 Å². The lowest BCUT2D eigenvalue weighted by Gasteiger charge is -2.38. The Morgan fingerprint density at radius 1 is 1.17 bits per heavy atom. The Morgan fingerprint density at radius 2 is 1.94 bits per heavy atom. The SMILES string of the molecule is C[C@]12C[C@@H](c3cccc(C(F)(F)F)c3)N(C(=O)CCN3C(=O)CCNC3=O)[C@H]1CCCCC(=O)N2. The molecule has 8 nitrogen and oxygen atoms in total. The Labute approximate surface area is 201 Å². The van der Waals surface area contributed by atoms with Crippen LogP contribution in [0.2, 0.25) is 0 Å². The first-order chi connectivity index (χ1) is 16.5. The fourth-order valence-corrected chi connectivity index (χ4v) is 5.49. The molecule has 0 aromatic heterocycles. The summed E-state index contributed by atoms with van der Waals surface area (Å²) < 4.78 is 40.3. The van der Waals surface area contributed by atoms with Gasteiger partial charge >= 0.3 is 12.2 Å². The maximum Gasteiger partial charge on any atom is 0.416 e. The smallest absolute Gasteiger partial charge is 0.349 e. The number of fused-ring (bicyclic) bond motifs is 1. The Morgan fingerprint density at radius 3 is 2.66 bits per heavy atom. The standard InChI is InChI=1S/C24H29F3N4O4/c1-23-14-17(15-5-4-6-16(13-15)24(25,26)27)31(18(23)7-2-3-8-19(32)29-23)21(34)10-12-30-20(33)9-11-28-22(30)35/h4-6,13,17-18H,2-3,7-12,14H2,1H3,(H,28,35)(H,29,32)/t17-,18-,23-/m0/s1. The van der Waals surface area contributed by atoms with Gasteiger partial charge in [0.05, 0.1) is 23.2 Å². The summed E-state index contributed by atoms with van der Waals surface area (Å²) in [6.07, 6.45) is -2.00. The number of carbonyl (C=O) groups is 4. The minimum absolute atomic E-state index is 0.120. The number of amides is 5. The summed E-state index contributed by atoms with van der Waals surface area (Å²) in [5.74, 6) is -0.896. The van der Waals surface area contributed by atoms with Gasteiger partial charge in [0, 0.05) is 32.4 Å². The maximum atomic E-state index is 13.6. The van der Waals surface area contributed by atoms with Gasteiger partial charge in [0.15, 0.2) is 0 Å². The molecule has 0 saturated carbocycles. The van der Waals surface area contributed by atoms with E-state index < -0.39 is 35.4 Å². The van der Waals surface area contributed by atoms with Crippen molar-refractivity contribution in [3.8, 4) is 0 Å². The van der Waals surface area contributed by atoms with Crippen LogP contribution >= 0.6 is 0 Å². The lowest BCUT2D eigenvalue weighted by atomic mass is 9.85. The average Bonchev–Trinajstić information content (AvgIpc) is 3.06. The van der Waals surface area contributed by atoms with Crippen molar-refractivity contribution in [3.05, 3.63) is 35.4 Å². The fraction of sp³-hybridized carbons (Fsp3) is 0.583. The molecule has 190 valence electrons. The van der Waals surface area contributed by atoms with Gasteiger partial charge in [-0.15, -0.1) is 0 Å². The lowest BCUT2D eigenvalue weighted by molar-refractivity contribution is -0.137. The molecule has 3 atom stereocenters. The molecule has 3 fully saturated rings. The second-order valence-electron chi connectivity index (χ2n) is 9.65. The van der Waals surface area contributed by atoms with Crippen LogP contribution in [0.5, 0.6) is 0 Å². The third-order valence-corrected chi connectivity index (χ3v) is 7.18. The molecule has 0 bridgehead atoms. The van der Waals surface area contributed by atoms with Crippen molar-refractivity contribution in [1.29, 1.82) is 0 Å². The highest BCUT2D eigenvalue weighted by molar-refractivity contribution is 5.97. The van der Waals surface area contributed by atoms with Crippen LogP contribution in [0.25, 0.3) is 0 Å². The number of carbonyl (C=O) groups excluding carboxylic acids is 4. The van der Waals surface area contributed by atoms with E-state index in [2.05, 4.69) is 10.6 Å². The van der Waals surface area contributed by atoms with E-state index in [1.54, 1.807) is 11.0 Å². The van der Waals surface area contributed by atoms with Crippen LogP contribution in [0.3, 0.4) is 0 Å². The van der Waals surface area contributed by atoms with E-state index >= 15 is 0 Å². The number of rotatable bonds is 4. The number of halogens is 3. The van der Waals surface area contributed by atoms with E-state index in [0.29, 0.717) is 31.2 Å². The van der Waals surface area contributed by atoms with Crippen LogP contribution in [0.4, 0.5) is 18.0 Å². The molecule has 1 aromatic rings. The van der Waals surface area contributed by atoms with Gasteiger partial charge in [-0.25, -0.2) is 4.79 Å². The predicted octanol–water partition coefficient (Wildman–Crippen LogP) is 3.13. The largest absolute Gasteiger partial charge is 0.416 e. The molecule has 0 spiro atoms. The molecule has 35 heavy (non-hydrogen) atoms. The Bertz CT molecular complexity index is 1010. The van der Waals surface area contributed by atoms with Gasteiger partial charge in [0.1, 0.15) is 0 Å². The highest BCUT2D eigenvalue weighted by Gasteiger charge is 2.52. The van der Waals surface area contributed by atoms with Crippen LogP contribution in [0, 0.1) is 0 Å². The molecule has 0 radical (unpaired) electrons. The van der Waals surface area contributed by atoms with Gasteiger partial charge in [-0.2, -0.15) is 13.2 Å². The number of nitrogens with zero attached hydrogens (tertiary/aromatic N) is 2. The van der Waals surface area contributed by atoms with Crippen molar-refractivity contribution in [2.45, 2.75) is 75.7 Å². The Hall–Kier alpha value is -3.11. The molecule has 3 heterocycles. The van der Waals surface area contributed by atoms with E-state index in [-0.39, 0.29) is 50.1 Å². The lowest BCUT2D eigenvalue weighted by Crippen LogP contribution is -2.56. The summed E-state index contributed by atoms with van der Waals surface area (Å²) in [5, 5.41) is 5.59. The van der Waals surface area contributed by atoms with Crippen LogP contribution < -0.4 is 10.6 Å². The minimum atomic E-state index is -4.54. The average molecular weight is 495 g/mol. The highest BCUT2D eigenvalue weighted by Crippen LogP contribution is 2.46. The number of hydrogen-bond acceptors (Lipinski definition) is 4. The molecule has 0 aliphatic carbocycles. The molecule has 5 amide bonds. The van der Waals surface area contributed by atoms with Crippen LogP contribution in [-0.4, -0.2) is 58.2 Å². The summed E-state index contributed by atoms with van der Waals surface area (Å²) in [6, 6.07) is 3.24. The van der Waals surface area contributed by atoms with Gasteiger partial charge in [-0.3, -0.25) is 19.3 Å². The molecule has 3 saturated heterocycles. The quantitative estimate of drug-likeness (QED) is 0.672. The van der Waals surface area contributed by atoms with Crippen LogP contribution in [0.15, 0.2) is 24.3 Å². The first-order valence-electron chi connectivity index (χ1n) is 11.9. The molecule has 11 heteroatoms. The maximum absolute atomic E-state index is 13.6. The Balaban J connectivity index is 1.65. The molecule has 2 N–H and O–H groups in total. The van der Waals surface area contributed by atoms with Gasteiger partial charge < -0.3 is 15.5 Å². The van der Waals surface area contributed by atoms with Crippen molar-refractivity contribution in [3.63, 3.8) is 0 Å². The molecule has 4 rings (SSSR count).